The standard InChI is InChI=1S/C20H20N4O4/c1-13(25)14-4-3-5-15(10-14)22-20(27)23-16-6-7-17-18(11-16)21-12-24(19(17)26)8-9-28-2/h3-7,10-12H,8-9H2,1-2H3,(H2,22,23,27). The second-order valence-electron chi connectivity index (χ2n) is 6.18. The molecule has 0 unspecified atom stereocenters. The molecule has 0 bridgehead atoms. The minimum absolute atomic E-state index is 0.0826. The summed E-state index contributed by atoms with van der Waals surface area (Å²) < 4.78 is 6.46. The molecule has 144 valence electrons. The number of ketones is 1. The van der Waals surface area contributed by atoms with Crippen molar-refractivity contribution in [3.05, 3.63) is 64.7 Å². The first-order chi connectivity index (χ1) is 13.5. The Morgan fingerprint density at radius 2 is 1.86 bits per heavy atom. The lowest BCUT2D eigenvalue weighted by Crippen LogP contribution is -2.23. The summed E-state index contributed by atoms with van der Waals surface area (Å²) in [5, 5.41) is 5.83. The number of rotatable bonds is 6. The number of aromatic nitrogens is 2. The van der Waals surface area contributed by atoms with Gasteiger partial charge in [0.1, 0.15) is 0 Å². The van der Waals surface area contributed by atoms with Crippen molar-refractivity contribution in [2.24, 2.45) is 0 Å². The summed E-state index contributed by atoms with van der Waals surface area (Å²) >= 11 is 0. The zero-order valence-corrected chi connectivity index (χ0v) is 15.6. The molecular formula is C20H20N4O4. The highest BCUT2D eigenvalue weighted by molar-refractivity contribution is 6.02. The summed E-state index contributed by atoms with van der Waals surface area (Å²) in [6, 6.07) is 11.1. The number of amides is 2. The number of methoxy groups -OCH3 is 1. The van der Waals surface area contributed by atoms with Crippen molar-refractivity contribution in [3.63, 3.8) is 0 Å². The average Bonchev–Trinajstić information content (AvgIpc) is 2.67. The Morgan fingerprint density at radius 1 is 1.11 bits per heavy atom. The maximum absolute atomic E-state index is 12.4. The number of carbonyl (C=O) groups is 2. The molecule has 0 aliphatic heterocycles. The van der Waals surface area contributed by atoms with E-state index in [1.54, 1.807) is 49.6 Å². The van der Waals surface area contributed by atoms with Gasteiger partial charge in [-0.2, -0.15) is 0 Å². The molecule has 1 aromatic heterocycles. The quantitative estimate of drug-likeness (QED) is 0.640. The maximum Gasteiger partial charge on any atom is 0.323 e. The van der Waals surface area contributed by atoms with Crippen LogP contribution < -0.4 is 16.2 Å². The number of fused-ring (bicyclic) bond motifs is 1. The molecule has 0 radical (unpaired) electrons. The molecule has 0 aliphatic rings. The molecule has 2 aromatic carbocycles. The topological polar surface area (TPSA) is 102 Å². The van der Waals surface area contributed by atoms with E-state index in [4.69, 9.17) is 4.74 Å². The molecule has 0 spiro atoms. The Kier molecular flexibility index (Phi) is 5.81. The third-order valence-corrected chi connectivity index (χ3v) is 4.15. The number of carbonyl (C=O) groups excluding carboxylic acids is 2. The van der Waals surface area contributed by atoms with Crippen molar-refractivity contribution in [1.82, 2.24) is 9.55 Å². The van der Waals surface area contributed by atoms with Crippen molar-refractivity contribution >= 4 is 34.1 Å². The monoisotopic (exact) mass is 380 g/mol. The summed E-state index contributed by atoms with van der Waals surface area (Å²) in [5.74, 6) is -0.0826. The highest BCUT2D eigenvalue weighted by Gasteiger charge is 2.08. The highest BCUT2D eigenvalue weighted by Crippen LogP contribution is 2.16. The van der Waals surface area contributed by atoms with Crippen LogP contribution in [-0.4, -0.2) is 35.1 Å². The van der Waals surface area contributed by atoms with Crippen LogP contribution in [0.3, 0.4) is 0 Å². The molecule has 8 heteroatoms. The summed E-state index contributed by atoms with van der Waals surface area (Å²) in [6.45, 7) is 2.29. The van der Waals surface area contributed by atoms with Crippen LogP contribution in [0.1, 0.15) is 17.3 Å². The molecule has 28 heavy (non-hydrogen) atoms. The van der Waals surface area contributed by atoms with Crippen molar-refractivity contribution in [2.75, 3.05) is 24.4 Å². The average molecular weight is 380 g/mol. The number of Topliss-reactive ketones (excluding diaryl/α,β-unsaturated/α-hetero) is 1. The fourth-order valence-corrected chi connectivity index (χ4v) is 2.69. The van der Waals surface area contributed by atoms with Gasteiger partial charge >= 0.3 is 6.03 Å². The maximum atomic E-state index is 12.4. The fourth-order valence-electron chi connectivity index (χ4n) is 2.69. The van der Waals surface area contributed by atoms with Gasteiger partial charge in [-0.3, -0.25) is 14.2 Å². The zero-order valence-electron chi connectivity index (χ0n) is 15.6. The Balaban J connectivity index is 1.75. The minimum Gasteiger partial charge on any atom is -0.383 e. The van der Waals surface area contributed by atoms with E-state index in [0.29, 0.717) is 41.0 Å². The molecule has 0 saturated heterocycles. The molecule has 3 aromatic rings. The molecule has 2 amide bonds. The summed E-state index contributed by atoms with van der Waals surface area (Å²) in [7, 11) is 1.57. The van der Waals surface area contributed by atoms with Crippen LogP contribution in [0.2, 0.25) is 0 Å². The van der Waals surface area contributed by atoms with Crippen molar-refractivity contribution in [2.45, 2.75) is 13.5 Å². The molecule has 3 rings (SSSR count). The first kappa shape index (κ1) is 19.2. The first-order valence-corrected chi connectivity index (χ1v) is 8.65. The van der Waals surface area contributed by atoms with Gasteiger partial charge in [0.05, 0.1) is 30.4 Å². The normalized spacial score (nSPS) is 10.6. The van der Waals surface area contributed by atoms with Gasteiger partial charge in [0.25, 0.3) is 5.56 Å². The lowest BCUT2D eigenvalue weighted by atomic mass is 10.1. The first-order valence-electron chi connectivity index (χ1n) is 8.65. The SMILES string of the molecule is COCCn1cnc2cc(NC(=O)Nc3cccc(C(C)=O)c3)ccc2c1=O. The van der Waals surface area contributed by atoms with E-state index in [1.165, 1.54) is 17.8 Å². The van der Waals surface area contributed by atoms with Gasteiger partial charge in [0.15, 0.2) is 5.78 Å². The van der Waals surface area contributed by atoms with Gasteiger partial charge < -0.3 is 15.4 Å². The number of ether oxygens (including phenoxy) is 1. The molecular weight excluding hydrogens is 360 g/mol. The van der Waals surface area contributed by atoms with Crippen LogP contribution in [0, 0.1) is 0 Å². The van der Waals surface area contributed by atoms with Gasteiger partial charge in [0, 0.05) is 24.0 Å². The lowest BCUT2D eigenvalue weighted by Gasteiger charge is -2.10. The third-order valence-electron chi connectivity index (χ3n) is 4.15. The summed E-state index contributed by atoms with van der Waals surface area (Å²) in [4.78, 5) is 40.4. The highest BCUT2D eigenvalue weighted by atomic mass is 16.5. The Hall–Kier alpha value is -3.52. The third kappa shape index (κ3) is 4.41. The van der Waals surface area contributed by atoms with E-state index in [9.17, 15) is 14.4 Å². The van der Waals surface area contributed by atoms with E-state index in [2.05, 4.69) is 15.6 Å². The summed E-state index contributed by atoms with van der Waals surface area (Å²) in [5.41, 5.74) is 1.83. The van der Waals surface area contributed by atoms with Crippen LogP contribution in [0.5, 0.6) is 0 Å². The van der Waals surface area contributed by atoms with Gasteiger partial charge in [-0.25, -0.2) is 9.78 Å². The smallest absolute Gasteiger partial charge is 0.323 e. The fraction of sp³-hybridized carbons (Fsp3) is 0.200. The van der Waals surface area contributed by atoms with Crippen LogP contribution in [-0.2, 0) is 11.3 Å². The zero-order chi connectivity index (χ0) is 20.1. The number of nitrogens with zero attached hydrogens (tertiary/aromatic N) is 2. The molecule has 8 nitrogen and oxygen atoms in total. The Labute approximate surface area is 161 Å². The van der Waals surface area contributed by atoms with E-state index in [1.807, 2.05) is 0 Å². The van der Waals surface area contributed by atoms with Gasteiger partial charge in [-0.05, 0) is 37.3 Å². The lowest BCUT2D eigenvalue weighted by molar-refractivity contribution is 0.101. The van der Waals surface area contributed by atoms with Crippen LogP contribution in [0.25, 0.3) is 10.9 Å². The molecule has 0 atom stereocenters. The number of urea groups is 1. The predicted octanol–water partition coefficient (Wildman–Crippen LogP) is 2.89. The van der Waals surface area contributed by atoms with Crippen molar-refractivity contribution in [3.8, 4) is 0 Å². The predicted molar refractivity (Wildman–Crippen MR) is 107 cm³/mol. The number of benzene rings is 2. The van der Waals surface area contributed by atoms with Crippen LogP contribution in [0.4, 0.5) is 16.2 Å². The van der Waals surface area contributed by atoms with Crippen molar-refractivity contribution in [1.29, 1.82) is 0 Å². The van der Waals surface area contributed by atoms with E-state index >= 15 is 0 Å². The van der Waals surface area contributed by atoms with E-state index in [0.717, 1.165) is 0 Å². The van der Waals surface area contributed by atoms with E-state index in [-0.39, 0.29) is 11.3 Å². The van der Waals surface area contributed by atoms with Gasteiger partial charge in [-0.15, -0.1) is 0 Å². The Bertz CT molecular complexity index is 1090. The molecule has 0 aliphatic carbocycles. The van der Waals surface area contributed by atoms with Crippen molar-refractivity contribution < 1.29 is 14.3 Å². The number of anilines is 2. The number of nitrogens with one attached hydrogen (secondary N) is 2. The molecule has 1 heterocycles. The van der Waals surface area contributed by atoms with Crippen LogP contribution in [0.15, 0.2) is 53.6 Å². The molecule has 0 fully saturated rings. The van der Waals surface area contributed by atoms with E-state index < -0.39 is 6.03 Å². The molecule has 2 N–H and O–H groups in total. The van der Waals surface area contributed by atoms with Gasteiger partial charge in [-0.1, -0.05) is 12.1 Å². The van der Waals surface area contributed by atoms with Gasteiger partial charge in [0.2, 0.25) is 0 Å². The minimum atomic E-state index is -0.464. The number of hydrogen-bond acceptors (Lipinski definition) is 5. The molecule has 0 saturated carbocycles. The second-order valence-corrected chi connectivity index (χ2v) is 6.18. The number of hydrogen-bond donors (Lipinski definition) is 2. The summed E-state index contributed by atoms with van der Waals surface area (Å²) in [6.07, 6.45) is 1.46. The van der Waals surface area contributed by atoms with Crippen LogP contribution >= 0.6 is 0 Å². The largest absolute Gasteiger partial charge is 0.383 e. The Morgan fingerprint density at radius 3 is 2.57 bits per heavy atom. The second kappa shape index (κ2) is 8.45.